The molecule has 0 saturated heterocycles. The average molecular weight is 370 g/mol. The molecule has 0 aliphatic carbocycles. The molecule has 0 aliphatic rings. The van der Waals surface area contributed by atoms with Crippen molar-refractivity contribution >= 4 is 15.9 Å². The summed E-state index contributed by atoms with van der Waals surface area (Å²) in [4.78, 5) is 4.41. The van der Waals surface area contributed by atoms with E-state index in [-0.39, 0.29) is 0 Å². The fourth-order valence-electron chi connectivity index (χ4n) is 2.05. The molecule has 3 nitrogen and oxygen atoms in total. The second-order valence-electron chi connectivity index (χ2n) is 4.99. The molecule has 4 heteroatoms. The number of aromatic nitrogens is 1. The number of benzene rings is 2. The number of ether oxygens (including phenoxy) is 2. The summed E-state index contributed by atoms with van der Waals surface area (Å²) in [5.41, 5.74) is 2.20. The van der Waals surface area contributed by atoms with Gasteiger partial charge in [0.25, 0.3) is 0 Å². The molecule has 0 unspecified atom stereocenters. The zero-order valence-electron chi connectivity index (χ0n) is 12.5. The van der Waals surface area contributed by atoms with Gasteiger partial charge in [0.15, 0.2) is 0 Å². The molecular formula is C19H16BrNO2. The molecule has 0 atom stereocenters. The molecule has 0 saturated carbocycles. The SMILES string of the molecule is Brc1ccc(OCc2ccccc2)nc1OCc1ccccc1. The quantitative estimate of drug-likeness (QED) is 0.612. The van der Waals surface area contributed by atoms with Gasteiger partial charge in [-0.05, 0) is 33.1 Å². The lowest BCUT2D eigenvalue weighted by atomic mass is 10.2. The first-order chi connectivity index (χ1) is 11.3. The van der Waals surface area contributed by atoms with Gasteiger partial charge in [-0.2, -0.15) is 4.98 Å². The van der Waals surface area contributed by atoms with Crippen LogP contribution in [-0.4, -0.2) is 4.98 Å². The lowest BCUT2D eigenvalue weighted by molar-refractivity contribution is 0.266. The second kappa shape index (κ2) is 7.79. The molecule has 116 valence electrons. The van der Waals surface area contributed by atoms with Crippen LogP contribution in [-0.2, 0) is 13.2 Å². The fraction of sp³-hybridized carbons (Fsp3) is 0.105. The van der Waals surface area contributed by atoms with Gasteiger partial charge in [-0.3, -0.25) is 0 Å². The Morgan fingerprint density at radius 3 is 1.87 bits per heavy atom. The van der Waals surface area contributed by atoms with E-state index in [1.807, 2.05) is 72.8 Å². The van der Waals surface area contributed by atoms with Gasteiger partial charge in [-0.25, -0.2) is 0 Å². The minimum Gasteiger partial charge on any atom is -0.473 e. The molecule has 1 heterocycles. The van der Waals surface area contributed by atoms with Crippen LogP contribution in [0.25, 0.3) is 0 Å². The highest BCUT2D eigenvalue weighted by atomic mass is 79.9. The molecule has 0 fully saturated rings. The van der Waals surface area contributed by atoms with Crippen molar-refractivity contribution in [1.82, 2.24) is 4.98 Å². The normalized spacial score (nSPS) is 10.3. The van der Waals surface area contributed by atoms with Crippen molar-refractivity contribution in [3.05, 3.63) is 88.4 Å². The summed E-state index contributed by atoms with van der Waals surface area (Å²) in [6.07, 6.45) is 0. The number of nitrogens with zero attached hydrogens (tertiary/aromatic N) is 1. The first kappa shape index (κ1) is 15.6. The van der Waals surface area contributed by atoms with Gasteiger partial charge in [-0.15, -0.1) is 0 Å². The third-order valence-electron chi connectivity index (χ3n) is 3.24. The molecule has 1 aromatic heterocycles. The second-order valence-corrected chi connectivity index (χ2v) is 5.84. The van der Waals surface area contributed by atoms with Crippen molar-refractivity contribution in [3.8, 4) is 11.8 Å². The van der Waals surface area contributed by atoms with Crippen LogP contribution in [0.15, 0.2) is 77.3 Å². The number of pyridine rings is 1. The lowest BCUT2D eigenvalue weighted by Gasteiger charge is -2.10. The van der Waals surface area contributed by atoms with Gasteiger partial charge in [0.05, 0.1) is 4.47 Å². The van der Waals surface area contributed by atoms with Crippen LogP contribution in [0.1, 0.15) is 11.1 Å². The maximum atomic E-state index is 5.78. The van der Waals surface area contributed by atoms with E-state index in [0.717, 1.165) is 15.6 Å². The fourth-order valence-corrected chi connectivity index (χ4v) is 2.38. The monoisotopic (exact) mass is 369 g/mol. The van der Waals surface area contributed by atoms with Gasteiger partial charge in [0, 0.05) is 6.07 Å². The van der Waals surface area contributed by atoms with Gasteiger partial charge < -0.3 is 9.47 Å². The van der Waals surface area contributed by atoms with Crippen LogP contribution < -0.4 is 9.47 Å². The van der Waals surface area contributed by atoms with Crippen molar-refractivity contribution in [2.45, 2.75) is 13.2 Å². The Labute approximate surface area is 144 Å². The molecule has 3 rings (SSSR count). The largest absolute Gasteiger partial charge is 0.473 e. The smallest absolute Gasteiger partial charge is 0.231 e. The van der Waals surface area contributed by atoms with E-state index in [9.17, 15) is 0 Å². The van der Waals surface area contributed by atoms with Crippen molar-refractivity contribution in [3.63, 3.8) is 0 Å². The summed E-state index contributed by atoms with van der Waals surface area (Å²) < 4.78 is 12.3. The van der Waals surface area contributed by atoms with E-state index in [4.69, 9.17) is 9.47 Å². The topological polar surface area (TPSA) is 31.4 Å². The van der Waals surface area contributed by atoms with E-state index in [1.54, 1.807) is 0 Å². The van der Waals surface area contributed by atoms with Crippen LogP contribution in [0.3, 0.4) is 0 Å². The van der Waals surface area contributed by atoms with E-state index < -0.39 is 0 Å². The van der Waals surface area contributed by atoms with Crippen LogP contribution >= 0.6 is 15.9 Å². The third kappa shape index (κ3) is 4.57. The van der Waals surface area contributed by atoms with E-state index in [1.165, 1.54) is 0 Å². The Morgan fingerprint density at radius 1 is 0.696 bits per heavy atom. The number of rotatable bonds is 6. The van der Waals surface area contributed by atoms with Crippen molar-refractivity contribution in [2.24, 2.45) is 0 Å². The summed E-state index contributed by atoms with van der Waals surface area (Å²) in [6.45, 7) is 0.947. The molecule has 0 bridgehead atoms. The molecule has 0 amide bonds. The molecule has 2 aromatic carbocycles. The summed E-state index contributed by atoms with van der Waals surface area (Å²) >= 11 is 3.46. The van der Waals surface area contributed by atoms with Crippen LogP contribution in [0, 0.1) is 0 Å². The van der Waals surface area contributed by atoms with Crippen molar-refractivity contribution in [1.29, 1.82) is 0 Å². The maximum absolute atomic E-state index is 5.78. The third-order valence-corrected chi connectivity index (χ3v) is 3.84. The molecule has 0 spiro atoms. The van der Waals surface area contributed by atoms with Crippen LogP contribution in [0.5, 0.6) is 11.8 Å². The highest BCUT2D eigenvalue weighted by Gasteiger charge is 2.06. The zero-order valence-corrected chi connectivity index (χ0v) is 14.1. The van der Waals surface area contributed by atoms with Gasteiger partial charge >= 0.3 is 0 Å². The minimum atomic E-state index is 0.467. The summed E-state index contributed by atoms with van der Waals surface area (Å²) in [5, 5.41) is 0. The van der Waals surface area contributed by atoms with E-state index in [2.05, 4.69) is 20.9 Å². The summed E-state index contributed by atoms with van der Waals surface area (Å²) in [7, 11) is 0. The predicted molar refractivity (Wildman–Crippen MR) is 93.5 cm³/mol. The Balaban J connectivity index is 1.64. The highest BCUT2D eigenvalue weighted by molar-refractivity contribution is 9.10. The molecular weight excluding hydrogens is 354 g/mol. The zero-order chi connectivity index (χ0) is 15.9. The van der Waals surface area contributed by atoms with Crippen LogP contribution in [0.2, 0.25) is 0 Å². The van der Waals surface area contributed by atoms with Crippen LogP contribution in [0.4, 0.5) is 0 Å². The van der Waals surface area contributed by atoms with Gasteiger partial charge in [0.1, 0.15) is 13.2 Å². The summed E-state index contributed by atoms with van der Waals surface area (Å²) in [6, 6.07) is 23.7. The number of halogens is 1. The lowest BCUT2D eigenvalue weighted by Crippen LogP contribution is -2.01. The Kier molecular flexibility index (Phi) is 5.27. The molecule has 0 aliphatic heterocycles. The summed E-state index contributed by atoms with van der Waals surface area (Å²) in [5.74, 6) is 1.07. The molecule has 0 radical (unpaired) electrons. The highest BCUT2D eigenvalue weighted by Crippen LogP contribution is 2.26. The van der Waals surface area contributed by atoms with E-state index >= 15 is 0 Å². The maximum Gasteiger partial charge on any atom is 0.231 e. The first-order valence-electron chi connectivity index (χ1n) is 7.31. The van der Waals surface area contributed by atoms with E-state index in [0.29, 0.717) is 25.0 Å². The molecule has 23 heavy (non-hydrogen) atoms. The predicted octanol–water partition coefficient (Wildman–Crippen LogP) is 5.00. The number of hydrogen-bond acceptors (Lipinski definition) is 3. The average Bonchev–Trinajstić information content (AvgIpc) is 2.62. The number of hydrogen-bond donors (Lipinski definition) is 0. The molecule has 0 N–H and O–H groups in total. The standard InChI is InChI=1S/C19H16BrNO2/c20-17-11-12-18(22-13-15-7-3-1-4-8-15)21-19(17)23-14-16-9-5-2-6-10-16/h1-12H,13-14H2. The van der Waals surface area contributed by atoms with Gasteiger partial charge in [-0.1, -0.05) is 60.7 Å². The Hall–Kier alpha value is -2.33. The van der Waals surface area contributed by atoms with Gasteiger partial charge in [0.2, 0.25) is 11.8 Å². The Bertz CT molecular complexity index is 748. The minimum absolute atomic E-state index is 0.467. The Morgan fingerprint density at radius 2 is 1.26 bits per heavy atom. The van der Waals surface area contributed by atoms with Crippen molar-refractivity contribution < 1.29 is 9.47 Å². The molecule has 3 aromatic rings. The van der Waals surface area contributed by atoms with Crippen molar-refractivity contribution in [2.75, 3.05) is 0 Å². The first-order valence-corrected chi connectivity index (χ1v) is 8.10.